The fourth-order valence-electron chi connectivity index (χ4n) is 9.17. The van der Waals surface area contributed by atoms with Crippen LogP contribution in [0.5, 0.6) is 17.2 Å². The number of carbonyl (C=O) groups excluding carboxylic acids is 8. The summed E-state index contributed by atoms with van der Waals surface area (Å²) in [6, 6.07) is 20.2. The summed E-state index contributed by atoms with van der Waals surface area (Å²) in [5, 5.41) is 16.1. The van der Waals surface area contributed by atoms with E-state index in [2.05, 4.69) is 21.3 Å². The zero-order valence-corrected chi connectivity index (χ0v) is 36.9. The number of carbonyl (C=O) groups is 8. The van der Waals surface area contributed by atoms with Gasteiger partial charge in [0, 0.05) is 57.5 Å². The molecule has 8 rings (SSSR count). The number of para-hydroxylation sites is 1. The van der Waals surface area contributed by atoms with Crippen molar-refractivity contribution < 1.29 is 47.8 Å². The van der Waals surface area contributed by atoms with Crippen molar-refractivity contribution in [1.82, 2.24) is 35.5 Å². The summed E-state index contributed by atoms with van der Waals surface area (Å²) in [4.78, 5) is 104. The first-order valence-electron chi connectivity index (χ1n) is 22.7. The second kappa shape index (κ2) is 20.7. The molecule has 5 heterocycles. The number of imide groups is 2. The third-order valence-electron chi connectivity index (χ3n) is 12.6. The number of aromatic nitrogens is 2. The van der Waals surface area contributed by atoms with E-state index in [9.17, 15) is 38.4 Å². The van der Waals surface area contributed by atoms with E-state index in [4.69, 9.17) is 20.3 Å². The number of hydrogen-bond acceptors (Lipinski definition) is 12. The number of nitrogens with one attached hydrogen (secondary N) is 4. The lowest BCUT2D eigenvalue weighted by atomic mass is 9.86. The third-order valence-corrected chi connectivity index (χ3v) is 12.6. The molecule has 19 nitrogen and oxygen atoms in total. The van der Waals surface area contributed by atoms with Gasteiger partial charge in [-0.25, -0.2) is 4.68 Å². The van der Waals surface area contributed by atoms with Crippen LogP contribution in [0.4, 0.5) is 5.82 Å². The number of nitrogens with zero attached hydrogens (tertiary/aromatic N) is 4. The maximum atomic E-state index is 13.2. The average molecular weight is 916 g/mol. The molecule has 6 N–H and O–H groups in total. The fourth-order valence-corrected chi connectivity index (χ4v) is 9.17. The minimum atomic E-state index is -1.12. The Morgan fingerprint density at radius 3 is 2.21 bits per heavy atom. The molecule has 4 aliphatic heterocycles. The molecular formula is C48H53N9O10. The molecule has 2 fully saturated rings. The number of primary amides is 1. The Labute approximate surface area is 386 Å². The van der Waals surface area contributed by atoms with E-state index in [1.807, 2.05) is 64.2 Å². The van der Waals surface area contributed by atoms with Crippen molar-refractivity contribution in [3.05, 3.63) is 89.5 Å². The van der Waals surface area contributed by atoms with Gasteiger partial charge >= 0.3 is 0 Å². The molecule has 0 aliphatic carbocycles. The van der Waals surface area contributed by atoms with Crippen molar-refractivity contribution in [3.63, 3.8) is 0 Å². The van der Waals surface area contributed by atoms with E-state index < -0.39 is 48.1 Å². The number of hydrogen-bond donors (Lipinski definition) is 5. The quantitative estimate of drug-likeness (QED) is 0.0708. The van der Waals surface area contributed by atoms with Crippen LogP contribution in [0, 0.1) is 5.92 Å². The monoisotopic (exact) mass is 915 g/mol. The number of nitrogens with two attached hydrogens (primary N) is 1. The minimum absolute atomic E-state index is 0.00375. The van der Waals surface area contributed by atoms with Gasteiger partial charge < -0.3 is 36.1 Å². The van der Waals surface area contributed by atoms with E-state index in [0.29, 0.717) is 80.6 Å². The van der Waals surface area contributed by atoms with E-state index in [1.54, 1.807) is 0 Å². The van der Waals surface area contributed by atoms with Crippen molar-refractivity contribution in [2.75, 3.05) is 44.6 Å². The van der Waals surface area contributed by atoms with Crippen LogP contribution in [0.2, 0.25) is 0 Å². The van der Waals surface area contributed by atoms with Crippen molar-refractivity contribution in [1.29, 1.82) is 0 Å². The highest BCUT2D eigenvalue weighted by atomic mass is 16.5. The molecule has 4 aliphatic rings. The van der Waals surface area contributed by atoms with E-state index in [1.165, 1.54) is 18.2 Å². The Hall–Kier alpha value is -7.57. The molecule has 1 unspecified atom stereocenters. The first-order chi connectivity index (χ1) is 32.5. The second-order valence-corrected chi connectivity index (χ2v) is 17.0. The number of benzene rings is 3. The molecule has 19 heteroatoms. The summed E-state index contributed by atoms with van der Waals surface area (Å²) in [6.45, 7) is 2.15. The molecule has 0 spiro atoms. The van der Waals surface area contributed by atoms with Gasteiger partial charge in [0.05, 0.1) is 17.2 Å². The van der Waals surface area contributed by atoms with Crippen molar-refractivity contribution in [2.45, 2.75) is 76.3 Å². The van der Waals surface area contributed by atoms with Crippen molar-refractivity contribution in [3.8, 4) is 28.5 Å². The van der Waals surface area contributed by atoms with E-state index >= 15 is 0 Å². The third kappa shape index (κ3) is 10.5. The molecule has 0 saturated carbocycles. The van der Waals surface area contributed by atoms with Crippen LogP contribution in [-0.4, -0.2) is 112 Å². The molecule has 8 amide bonds. The fraction of sp³-hybridized carbons (Fsp3) is 0.396. The van der Waals surface area contributed by atoms with Gasteiger partial charge in [-0.3, -0.25) is 48.6 Å². The topological polar surface area (TPSA) is 253 Å². The predicted octanol–water partition coefficient (Wildman–Crippen LogP) is 3.70. The smallest absolute Gasteiger partial charge is 0.266 e. The van der Waals surface area contributed by atoms with Gasteiger partial charge in [0.1, 0.15) is 40.4 Å². The van der Waals surface area contributed by atoms with Crippen LogP contribution >= 0.6 is 0 Å². The zero-order chi connectivity index (χ0) is 47.0. The minimum Gasteiger partial charge on any atom is -0.483 e. The Bertz CT molecular complexity index is 2550. The van der Waals surface area contributed by atoms with Crippen LogP contribution in [0.15, 0.2) is 72.8 Å². The molecule has 3 aromatic carbocycles. The highest BCUT2D eigenvalue weighted by Crippen LogP contribution is 2.40. The largest absolute Gasteiger partial charge is 0.483 e. The van der Waals surface area contributed by atoms with E-state index in [-0.39, 0.29) is 66.3 Å². The lowest BCUT2D eigenvalue weighted by Gasteiger charge is -2.38. The molecule has 2 atom stereocenters. The van der Waals surface area contributed by atoms with Crippen LogP contribution in [-0.2, 0) is 24.0 Å². The summed E-state index contributed by atoms with van der Waals surface area (Å²) in [5.74, 6) is -1.49. The Morgan fingerprint density at radius 2 is 1.49 bits per heavy atom. The summed E-state index contributed by atoms with van der Waals surface area (Å²) in [7, 11) is 0. The number of piperidine rings is 2. The van der Waals surface area contributed by atoms with Gasteiger partial charge in [-0.05, 0) is 99.4 Å². The van der Waals surface area contributed by atoms with Gasteiger partial charge in [0.25, 0.3) is 23.6 Å². The number of rotatable bonds is 18. The maximum Gasteiger partial charge on any atom is 0.266 e. The summed E-state index contributed by atoms with van der Waals surface area (Å²) in [6.07, 6.45) is 4.45. The predicted molar refractivity (Wildman–Crippen MR) is 242 cm³/mol. The number of ether oxygens (including phenoxy) is 2. The standard InChI is InChI=1S/C48H53N9O10/c49-44(62)42-43(30-14-16-32(17-15-30)67-31-8-2-1-3-9-31)54-57-34(20-25-52-45(42)57)29-21-26-55(27-22-29)40(61)13-7-12-37(58)50-23-4-5-24-51-39(60)28-66-36-11-6-10-33-41(36)48(65)56(47(33)64)35-18-19-38(59)53-46(35)63/h1-3,6,8-11,14-17,29,34-35,52H,4-5,7,12-13,18-28H2,(H2,49,62)(H,50,58)(H,51,60)(H,53,59,63)/t34-,35?/m0/s1. The molecular weight excluding hydrogens is 863 g/mol. The Balaban J connectivity index is 0.712. The molecule has 0 radical (unpaired) electrons. The van der Waals surface area contributed by atoms with Crippen LogP contribution in [0.25, 0.3) is 11.3 Å². The molecule has 4 aromatic rings. The molecule has 67 heavy (non-hydrogen) atoms. The normalized spacial score (nSPS) is 18.1. The van der Waals surface area contributed by atoms with Gasteiger partial charge in [-0.1, -0.05) is 24.3 Å². The van der Waals surface area contributed by atoms with Crippen molar-refractivity contribution in [2.24, 2.45) is 11.7 Å². The second-order valence-electron chi connectivity index (χ2n) is 17.0. The Morgan fingerprint density at radius 1 is 0.776 bits per heavy atom. The Kier molecular flexibility index (Phi) is 14.2. The molecule has 350 valence electrons. The van der Waals surface area contributed by atoms with Gasteiger partial charge in [0.2, 0.25) is 23.6 Å². The molecule has 1 aromatic heterocycles. The van der Waals surface area contributed by atoms with Crippen LogP contribution in [0.1, 0.15) is 101 Å². The first-order valence-corrected chi connectivity index (χ1v) is 22.7. The van der Waals surface area contributed by atoms with Gasteiger partial charge in [-0.2, -0.15) is 5.10 Å². The average Bonchev–Trinajstić information content (AvgIpc) is 3.85. The maximum absolute atomic E-state index is 13.2. The number of unbranched alkanes of at least 4 members (excludes halogenated alkanes) is 1. The van der Waals surface area contributed by atoms with Crippen LogP contribution < -0.4 is 36.5 Å². The number of fused-ring (bicyclic) bond motifs is 2. The highest BCUT2D eigenvalue weighted by Gasteiger charge is 2.46. The van der Waals surface area contributed by atoms with E-state index in [0.717, 1.165) is 29.7 Å². The number of likely N-dealkylation sites (tertiary alicyclic amines) is 1. The summed E-state index contributed by atoms with van der Waals surface area (Å²) >= 11 is 0. The molecule has 0 bridgehead atoms. The molecule has 2 saturated heterocycles. The SMILES string of the molecule is NC(=O)c1c(-c2ccc(Oc3ccccc3)cc2)nn2c1NCC[C@H]2C1CCN(C(=O)CCCC(=O)NCCCCNC(=O)COc2cccc3c2C(=O)N(C2CCC(=O)NC2=O)C3=O)CC1. The van der Waals surface area contributed by atoms with Gasteiger partial charge in [0.15, 0.2) is 6.61 Å². The van der Waals surface area contributed by atoms with Crippen molar-refractivity contribution >= 4 is 53.1 Å². The summed E-state index contributed by atoms with van der Waals surface area (Å²) in [5.41, 5.74) is 7.54. The van der Waals surface area contributed by atoms with Gasteiger partial charge in [-0.15, -0.1) is 0 Å². The first kappa shape index (κ1) is 46.0. The zero-order valence-electron chi connectivity index (χ0n) is 36.9. The highest BCUT2D eigenvalue weighted by molar-refractivity contribution is 6.24. The lowest BCUT2D eigenvalue weighted by Crippen LogP contribution is -2.54. The van der Waals surface area contributed by atoms with Crippen LogP contribution in [0.3, 0.4) is 0 Å². The number of anilines is 1. The summed E-state index contributed by atoms with van der Waals surface area (Å²) < 4.78 is 13.5. The lowest BCUT2D eigenvalue weighted by molar-refractivity contribution is -0.136. The number of amides is 8.